The number of Topliss-reactive ketones (excluding diaryl/α,β-unsaturated/α-hetero) is 1. The van der Waals surface area contributed by atoms with Gasteiger partial charge in [-0.25, -0.2) is 0 Å². The summed E-state index contributed by atoms with van der Waals surface area (Å²) in [6, 6.07) is 16.0. The third-order valence-corrected chi connectivity index (χ3v) is 4.94. The average Bonchev–Trinajstić information content (AvgIpc) is 3.48. The molecule has 3 heterocycles. The number of benzene rings is 2. The number of nitrogens with zero attached hydrogens (tertiary/aromatic N) is 1. The van der Waals surface area contributed by atoms with Gasteiger partial charge in [-0.15, -0.1) is 0 Å². The Balaban J connectivity index is 1.69. The molecule has 0 saturated carbocycles. The van der Waals surface area contributed by atoms with Crippen LogP contribution in [0.3, 0.4) is 0 Å². The van der Waals surface area contributed by atoms with Crippen LogP contribution in [0.5, 0.6) is 11.5 Å². The number of carbonyl (C=O) groups is 2. The highest BCUT2D eigenvalue weighted by molar-refractivity contribution is 6.51. The molecule has 2 aliphatic heterocycles. The Morgan fingerprint density at radius 1 is 0.966 bits per heavy atom. The molecular weight excluding hydrogens is 374 g/mol. The number of hydrogen-bond acceptors (Lipinski definition) is 6. The predicted octanol–water partition coefficient (Wildman–Crippen LogP) is 3.63. The molecule has 1 amide bonds. The summed E-state index contributed by atoms with van der Waals surface area (Å²) in [6.07, 6.45) is 1.46. The molecule has 1 N–H and O–H groups in total. The van der Waals surface area contributed by atoms with E-state index in [2.05, 4.69) is 0 Å². The van der Waals surface area contributed by atoms with Gasteiger partial charge in [0.05, 0.1) is 11.8 Å². The number of rotatable bonds is 3. The number of amides is 1. The predicted molar refractivity (Wildman–Crippen MR) is 102 cm³/mol. The van der Waals surface area contributed by atoms with Crippen molar-refractivity contribution >= 4 is 23.1 Å². The Morgan fingerprint density at radius 3 is 2.52 bits per heavy atom. The van der Waals surface area contributed by atoms with Crippen molar-refractivity contribution in [2.45, 2.75) is 6.04 Å². The molecule has 1 saturated heterocycles. The summed E-state index contributed by atoms with van der Waals surface area (Å²) in [6.45, 7) is 0.0905. The van der Waals surface area contributed by atoms with Crippen LogP contribution in [0.25, 0.3) is 5.76 Å². The number of ether oxygens (including phenoxy) is 2. The van der Waals surface area contributed by atoms with Gasteiger partial charge in [0.1, 0.15) is 17.6 Å². The van der Waals surface area contributed by atoms with E-state index in [1.54, 1.807) is 60.7 Å². The first-order valence-corrected chi connectivity index (χ1v) is 8.94. The number of fused-ring (bicyclic) bond motifs is 1. The summed E-state index contributed by atoms with van der Waals surface area (Å²) in [5, 5.41) is 10.9. The lowest BCUT2D eigenvalue weighted by Crippen LogP contribution is -2.29. The minimum Gasteiger partial charge on any atom is -0.507 e. The van der Waals surface area contributed by atoms with Gasteiger partial charge in [-0.3, -0.25) is 14.5 Å². The van der Waals surface area contributed by atoms with E-state index in [-0.39, 0.29) is 18.1 Å². The molecule has 0 bridgehead atoms. The molecule has 7 nitrogen and oxygen atoms in total. The van der Waals surface area contributed by atoms with Gasteiger partial charge in [0.2, 0.25) is 6.79 Å². The minimum absolute atomic E-state index is 0.0335. The number of anilines is 1. The van der Waals surface area contributed by atoms with Gasteiger partial charge in [0, 0.05) is 17.3 Å². The lowest BCUT2D eigenvalue weighted by molar-refractivity contribution is -0.132. The second kappa shape index (κ2) is 6.56. The molecule has 2 aliphatic rings. The maximum absolute atomic E-state index is 13.0. The SMILES string of the molecule is O=C1C(=O)N(c2ccc3c(c2)OCO3)C(c2ccco2)/C1=C(/O)c1ccccc1. The van der Waals surface area contributed by atoms with Crippen LogP contribution in [0.1, 0.15) is 17.4 Å². The topological polar surface area (TPSA) is 89.2 Å². The van der Waals surface area contributed by atoms with Crippen LogP contribution in [-0.4, -0.2) is 23.6 Å². The molecule has 7 heteroatoms. The first kappa shape index (κ1) is 17.1. The van der Waals surface area contributed by atoms with Crippen molar-refractivity contribution in [2.24, 2.45) is 0 Å². The number of carbonyl (C=O) groups excluding carboxylic acids is 2. The highest BCUT2D eigenvalue weighted by atomic mass is 16.7. The number of aliphatic hydroxyl groups excluding tert-OH is 1. The summed E-state index contributed by atoms with van der Waals surface area (Å²) in [4.78, 5) is 27.2. The van der Waals surface area contributed by atoms with Crippen molar-refractivity contribution in [1.82, 2.24) is 0 Å². The molecule has 1 aromatic heterocycles. The van der Waals surface area contributed by atoms with Crippen LogP contribution in [0.2, 0.25) is 0 Å². The zero-order valence-corrected chi connectivity index (χ0v) is 15.1. The Bertz CT molecular complexity index is 1130. The minimum atomic E-state index is -0.912. The van der Waals surface area contributed by atoms with Crippen molar-refractivity contribution in [3.05, 3.63) is 83.8 Å². The van der Waals surface area contributed by atoms with Crippen LogP contribution in [-0.2, 0) is 9.59 Å². The molecular formula is C22H15NO6. The van der Waals surface area contributed by atoms with Crippen molar-refractivity contribution in [3.8, 4) is 11.5 Å². The maximum Gasteiger partial charge on any atom is 0.300 e. The summed E-state index contributed by atoms with van der Waals surface area (Å²) < 4.78 is 16.2. The first-order chi connectivity index (χ1) is 14.1. The molecule has 0 radical (unpaired) electrons. The fourth-order valence-electron chi connectivity index (χ4n) is 3.60. The number of aliphatic hydroxyl groups is 1. The van der Waals surface area contributed by atoms with Crippen molar-refractivity contribution in [1.29, 1.82) is 0 Å². The highest BCUT2D eigenvalue weighted by Gasteiger charge is 2.48. The highest BCUT2D eigenvalue weighted by Crippen LogP contribution is 2.44. The molecule has 5 rings (SSSR count). The molecule has 144 valence electrons. The largest absolute Gasteiger partial charge is 0.507 e. The van der Waals surface area contributed by atoms with Crippen LogP contribution in [0, 0.1) is 0 Å². The Labute approximate surface area is 165 Å². The van der Waals surface area contributed by atoms with Gasteiger partial charge in [-0.2, -0.15) is 0 Å². The van der Waals surface area contributed by atoms with Gasteiger partial charge in [0.15, 0.2) is 11.5 Å². The van der Waals surface area contributed by atoms with E-state index in [1.807, 2.05) is 0 Å². The molecule has 29 heavy (non-hydrogen) atoms. The van der Waals surface area contributed by atoms with E-state index in [9.17, 15) is 14.7 Å². The van der Waals surface area contributed by atoms with E-state index in [1.165, 1.54) is 11.2 Å². The zero-order chi connectivity index (χ0) is 20.0. The zero-order valence-electron chi connectivity index (χ0n) is 15.1. The third kappa shape index (κ3) is 2.67. The summed E-state index contributed by atoms with van der Waals surface area (Å²) in [5.41, 5.74) is 0.839. The number of ketones is 1. The van der Waals surface area contributed by atoms with E-state index in [4.69, 9.17) is 13.9 Å². The van der Waals surface area contributed by atoms with Crippen LogP contribution < -0.4 is 14.4 Å². The van der Waals surface area contributed by atoms with Crippen LogP contribution in [0.4, 0.5) is 5.69 Å². The van der Waals surface area contributed by atoms with Gasteiger partial charge >= 0.3 is 0 Å². The van der Waals surface area contributed by atoms with Crippen LogP contribution >= 0.6 is 0 Å². The fraction of sp³-hybridized carbons (Fsp3) is 0.0909. The number of furan rings is 1. The standard InChI is InChI=1S/C22H15NO6/c24-20(13-5-2-1-3-6-13)18-19(16-7-4-10-27-16)23(22(26)21(18)25)14-8-9-15-17(11-14)29-12-28-15/h1-11,19,24H,12H2/b20-18-. The summed E-state index contributed by atoms with van der Waals surface area (Å²) >= 11 is 0. The molecule has 3 aromatic rings. The third-order valence-electron chi connectivity index (χ3n) is 4.94. The molecule has 1 fully saturated rings. The van der Waals surface area contributed by atoms with Gasteiger partial charge < -0.3 is 19.0 Å². The Morgan fingerprint density at radius 2 is 1.76 bits per heavy atom. The Hall–Kier alpha value is -4.00. The Kier molecular flexibility index (Phi) is 3.87. The lowest BCUT2D eigenvalue weighted by Gasteiger charge is -2.23. The van der Waals surface area contributed by atoms with Gasteiger partial charge in [-0.1, -0.05) is 30.3 Å². The number of hydrogen-bond donors (Lipinski definition) is 1. The second-order valence-electron chi connectivity index (χ2n) is 6.59. The fourth-order valence-corrected chi connectivity index (χ4v) is 3.60. The van der Waals surface area contributed by atoms with Crippen LogP contribution in [0.15, 0.2) is 76.9 Å². The molecule has 0 spiro atoms. The maximum atomic E-state index is 13.0. The molecule has 1 atom stereocenters. The van der Waals surface area contributed by atoms with E-state index in [0.717, 1.165) is 0 Å². The molecule has 2 aromatic carbocycles. The second-order valence-corrected chi connectivity index (χ2v) is 6.59. The monoisotopic (exact) mass is 389 g/mol. The van der Waals surface area contributed by atoms with Gasteiger partial charge in [-0.05, 0) is 24.3 Å². The first-order valence-electron chi connectivity index (χ1n) is 8.94. The average molecular weight is 389 g/mol. The lowest BCUT2D eigenvalue weighted by atomic mass is 9.99. The molecule has 1 unspecified atom stereocenters. The van der Waals surface area contributed by atoms with Crippen molar-refractivity contribution < 1.29 is 28.6 Å². The van der Waals surface area contributed by atoms with E-state index in [0.29, 0.717) is 28.5 Å². The van der Waals surface area contributed by atoms with E-state index < -0.39 is 17.7 Å². The summed E-state index contributed by atoms with van der Waals surface area (Å²) in [7, 11) is 0. The van der Waals surface area contributed by atoms with Crippen molar-refractivity contribution in [3.63, 3.8) is 0 Å². The van der Waals surface area contributed by atoms with Crippen molar-refractivity contribution in [2.75, 3.05) is 11.7 Å². The summed E-state index contributed by atoms with van der Waals surface area (Å²) in [5.74, 6) is -0.407. The smallest absolute Gasteiger partial charge is 0.300 e. The quantitative estimate of drug-likeness (QED) is 0.418. The van der Waals surface area contributed by atoms with Gasteiger partial charge in [0.25, 0.3) is 11.7 Å². The van der Waals surface area contributed by atoms with E-state index >= 15 is 0 Å². The normalized spacial score (nSPS) is 19.7. The molecule has 0 aliphatic carbocycles.